The first-order chi connectivity index (χ1) is 6.52. The van der Waals surface area contributed by atoms with Crippen molar-refractivity contribution in [2.24, 2.45) is 5.73 Å². The second kappa shape index (κ2) is 6.75. The van der Waals surface area contributed by atoms with Gasteiger partial charge in [-0.15, -0.1) is 0 Å². The van der Waals surface area contributed by atoms with E-state index in [-0.39, 0.29) is 12.5 Å². The summed E-state index contributed by atoms with van der Waals surface area (Å²) in [5.74, 6) is -0.0268. The van der Waals surface area contributed by atoms with Gasteiger partial charge in [-0.25, -0.2) is 0 Å². The number of nitrogens with zero attached hydrogens (tertiary/aromatic N) is 1. The number of amides is 1. The minimum absolute atomic E-state index is 0.0119. The Kier molecular flexibility index (Phi) is 6.44. The first-order valence-electron chi connectivity index (χ1n) is 4.91. The van der Waals surface area contributed by atoms with Gasteiger partial charge >= 0.3 is 0 Å². The van der Waals surface area contributed by atoms with Crippen molar-refractivity contribution in [3.63, 3.8) is 0 Å². The Labute approximate surface area is 85.5 Å². The molecular weight excluding hydrogens is 182 g/mol. The van der Waals surface area contributed by atoms with Gasteiger partial charge in [0.25, 0.3) is 5.91 Å². The van der Waals surface area contributed by atoms with Crippen molar-refractivity contribution in [2.45, 2.75) is 6.42 Å². The highest BCUT2D eigenvalue weighted by Gasteiger charge is 2.18. The Morgan fingerprint density at radius 2 is 2.14 bits per heavy atom. The van der Waals surface area contributed by atoms with Crippen LogP contribution in [0.25, 0.3) is 0 Å². The zero-order valence-electron chi connectivity index (χ0n) is 9.12. The second-order valence-corrected chi connectivity index (χ2v) is 4.03. The molecular formula is C9H22N3O2+. The molecule has 14 heavy (non-hydrogen) atoms. The molecule has 0 aromatic carbocycles. The van der Waals surface area contributed by atoms with E-state index in [4.69, 9.17) is 10.8 Å². The van der Waals surface area contributed by atoms with E-state index in [1.54, 1.807) is 0 Å². The summed E-state index contributed by atoms with van der Waals surface area (Å²) in [5, 5.41) is 11.1. The maximum atomic E-state index is 11.3. The molecule has 0 bridgehead atoms. The molecule has 0 saturated carbocycles. The number of likely N-dealkylation sites (N-methyl/N-ethyl adjacent to an activating group) is 1. The fourth-order valence-corrected chi connectivity index (χ4v) is 1.24. The van der Waals surface area contributed by atoms with Gasteiger partial charge in [-0.1, -0.05) is 0 Å². The summed E-state index contributed by atoms with van der Waals surface area (Å²) in [4.78, 5) is 11.3. The molecule has 0 aromatic rings. The lowest BCUT2D eigenvalue weighted by Crippen LogP contribution is -2.48. The number of quaternary nitrogens is 1. The van der Waals surface area contributed by atoms with Crippen LogP contribution in [-0.4, -0.2) is 62.4 Å². The van der Waals surface area contributed by atoms with Gasteiger partial charge in [0.1, 0.15) is 0 Å². The van der Waals surface area contributed by atoms with Crippen LogP contribution < -0.4 is 11.1 Å². The average molecular weight is 204 g/mol. The molecule has 5 heteroatoms. The number of aliphatic hydroxyl groups excluding tert-OH is 1. The van der Waals surface area contributed by atoms with Crippen LogP contribution in [0.4, 0.5) is 0 Å². The Morgan fingerprint density at radius 1 is 1.50 bits per heavy atom. The quantitative estimate of drug-likeness (QED) is 0.443. The molecule has 5 nitrogen and oxygen atoms in total. The predicted molar refractivity (Wildman–Crippen MR) is 55.6 cm³/mol. The van der Waals surface area contributed by atoms with E-state index in [9.17, 15) is 4.79 Å². The van der Waals surface area contributed by atoms with Gasteiger partial charge in [-0.05, 0) is 6.54 Å². The summed E-state index contributed by atoms with van der Waals surface area (Å²) >= 11 is 0. The Bertz CT molecular complexity index is 171. The Morgan fingerprint density at radius 3 is 2.64 bits per heavy atom. The molecule has 0 saturated heterocycles. The number of aliphatic hydroxyl groups is 1. The monoisotopic (exact) mass is 204 g/mol. The van der Waals surface area contributed by atoms with Crippen LogP contribution >= 0.6 is 0 Å². The number of carbonyl (C=O) groups excluding carboxylic acids is 1. The van der Waals surface area contributed by atoms with Crippen LogP contribution in [0, 0.1) is 0 Å². The molecule has 4 N–H and O–H groups in total. The first kappa shape index (κ1) is 13.4. The highest BCUT2D eigenvalue weighted by Crippen LogP contribution is 1.97. The molecule has 0 aliphatic heterocycles. The summed E-state index contributed by atoms with van der Waals surface area (Å²) in [6.07, 6.45) is 0.917. The van der Waals surface area contributed by atoms with Crippen molar-refractivity contribution >= 4 is 5.91 Å². The van der Waals surface area contributed by atoms with Crippen molar-refractivity contribution in [3.05, 3.63) is 0 Å². The van der Waals surface area contributed by atoms with Crippen molar-refractivity contribution in [1.82, 2.24) is 5.32 Å². The number of carbonyl (C=O) groups is 1. The smallest absolute Gasteiger partial charge is 0.275 e. The minimum Gasteiger partial charge on any atom is -0.395 e. The number of hydrogen-bond acceptors (Lipinski definition) is 3. The van der Waals surface area contributed by atoms with Crippen LogP contribution in [0.5, 0.6) is 0 Å². The largest absolute Gasteiger partial charge is 0.395 e. The van der Waals surface area contributed by atoms with Gasteiger partial charge in [0.15, 0.2) is 6.54 Å². The van der Waals surface area contributed by atoms with Crippen LogP contribution in [0.1, 0.15) is 6.42 Å². The first-order valence-corrected chi connectivity index (χ1v) is 4.91. The molecule has 84 valence electrons. The van der Waals surface area contributed by atoms with Gasteiger partial charge in [0.2, 0.25) is 0 Å². The zero-order valence-corrected chi connectivity index (χ0v) is 9.12. The third kappa shape index (κ3) is 6.82. The molecule has 0 spiro atoms. The summed E-state index contributed by atoms with van der Waals surface area (Å²) in [5.41, 5.74) is 5.40. The predicted octanol–water partition coefficient (Wildman–Crippen LogP) is -1.48. The summed E-state index contributed by atoms with van der Waals surface area (Å²) < 4.78 is 0.633. The van der Waals surface area contributed by atoms with E-state index >= 15 is 0 Å². The lowest BCUT2D eigenvalue weighted by atomic mass is 10.3. The van der Waals surface area contributed by atoms with Crippen LogP contribution in [-0.2, 0) is 4.79 Å². The molecule has 0 aliphatic carbocycles. The maximum absolute atomic E-state index is 11.3. The van der Waals surface area contributed by atoms with E-state index in [0.29, 0.717) is 24.1 Å². The number of nitrogens with one attached hydrogen (secondary N) is 1. The molecule has 0 heterocycles. The summed E-state index contributed by atoms with van der Waals surface area (Å²) in [6.45, 7) is 2.29. The number of rotatable bonds is 7. The van der Waals surface area contributed by atoms with Crippen LogP contribution in [0.3, 0.4) is 0 Å². The van der Waals surface area contributed by atoms with E-state index in [1.165, 1.54) is 0 Å². The van der Waals surface area contributed by atoms with Crippen molar-refractivity contribution in [3.8, 4) is 0 Å². The highest BCUT2D eigenvalue weighted by atomic mass is 16.3. The van der Waals surface area contributed by atoms with E-state index in [2.05, 4.69) is 5.32 Å². The van der Waals surface area contributed by atoms with Gasteiger partial charge in [-0.3, -0.25) is 4.79 Å². The van der Waals surface area contributed by atoms with Crippen molar-refractivity contribution in [2.75, 3.05) is 46.9 Å². The second-order valence-electron chi connectivity index (χ2n) is 4.03. The summed E-state index contributed by atoms with van der Waals surface area (Å²) in [7, 11) is 3.99. The zero-order chi connectivity index (χ0) is 11.0. The highest BCUT2D eigenvalue weighted by molar-refractivity contribution is 5.76. The SMILES string of the molecule is C[N+](C)(CCCN)CC(=O)NCCO. The molecule has 0 aliphatic rings. The van der Waals surface area contributed by atoms with Crippen LogP contribution in [0.2, 0.25) is 0 Å². The molecule has 0 unspecified atom stereocenters. The van der Waals surface area contributed by atoms with Crippen molar-refractivity contribution in [1.29, 1.82) is 0 Å². The normalized spacial score (nSPS) is 11.4. The third-order valence-electron chi connectivity index (χ3n) is 1.97. The Hall–Kier alpha value is -0.650. The maximum Gasteiger partial charge on any atom is 0.275 e. The average Bonchev–Trinajstić information content (AvgIpc) is 2.11. The van der Waals surface area contributed by atoms with Gasteiger partial charge in [0.05, 0.1) is 27.2 Å². The molecule has 0 radical (unpaired) electrons. The topological polar surface area (TPSA) is 75.4 Å². The molecule has 0 aromatic heterocycles. The fourth-order valence-electron chi connectivity index (χ4n) is 1.24. The van der Waals surface area contributed by atoms with Gasteiger partial charge < -0.3 is 20.6 Å². The minimum atomic E-state index is -0.0268. The van der Waals surface area contributed by atoms with Crippen molar-refractivity contribution < 1.29 is 14.4 Å². The standard InChI is InChI=1S/C9H21N3O2/c1-12(2,6-3-4-10)8-9(14)11-5-7-13/h13H,3-8,10H2,1-2H3/p+1. The number of hydrogen-bond donors (Lipinski definition) is 3. The van der Waals surface area contributed by atoms with Gasteiger partial charge in [0, 0.05) is 13.0 Å². The Balaban J connectivity index is 3.76. The molecule has 0 atom stereocenters. The van der Waals surface area contributed by atoms with Gasteiger partial charge in [-0.2, -0.15) is 0 Å². The molecule has 0 fully saturated rings. The lowest BCUT2D eigenvalue weighted by molar-refractivity contribution is -0.882. The van der Waals surface area contributed by atoms with E-state index in [0.717, 1.165) is 13.0 Å². The van der Waals surface area contributed by atoms with E-state index < -0.39 is 0 Å². The molecule has 1 amide bonds. The lowest BCUT2D eigenvalue weighted by Gasteiger charge is -2.28. The van der Waals surface area contributed by atoms with E-state index in [1.807, 2.05) is 14.1 Å². The van der Waals surface area contributed by atoms with Crippen LogP contribution in [0.15, 0.2) is 0 Å². The fraction of sp³-hybridized carbons (Fsp3) is 0.889. The molecule has 0 rings (SSSR count). The third-order valence-corrected chi connectivity index (χ3v) is 1.97. The number of nitrogens with two attached hydrogens (primary N) is 1. The summed E-state index contributed by atoms with van der Waals surface area (Å²) in [6, 6.07) is 0.